The Morgan fingerprint density at radius 1 is 1.17 bits per heavy atom. The van der Waals surface area contributed by atoms with Crippen molar-refractivity contribution in [3.8, 4) is 11.1 Å². The van der Waals surface area contributed by atoms with Gasteiger partial charge in [0.25, 0.3) is 0 Å². The van der Waals surface area contributed by atoms with Gasteiger partial charge in [0.05, 0.1) is 26.4 Å². The summed E-state index contributed by atoms with van der Waals surface area (Å²) in [4.78, 5) is 16.2. The summed E-state index contributed by atoms with van der Waals surface area (Å²) in [7, 11) is -1.06. The van der Waals surface area contributed by atoms with Crippen LogP contribution in [0.2, 0.25) is 10.0 Å². The van der Waals surface area contributed by atoms with Crippen LogP contribution in [0, 0.1) is 12.3 Å². The van der Waals surface area contributed by atoms with Gasteiger partial charge in [0.1, 0.15) is 16.5 Å². The van der Waals surface area contributed by atoms with Gasteiger partial charge < -0.3 is 10.6 Å². The van der Waals surface area contributed by atoms with Crippen molar-refractivity contribution >= 4 is 51.6 Å². The Labute approximate surface area is 224 Å². The predicted molar refractivity (Wildman–Crippen MR) is 148 cm³/mol. The summed E-state index contributed by atoms with van der Waals surface area (Å²) < 4.78 is 18.1. The van der Waals surface area contributed by atoms with Crippen LogP contribution in [0.1, 0.15) is 58.6 Å². The van der Waals surface area contributed by atoms with Gasteiger partial charge >= 0.3 is 0 Å². The number of nitrogens with zero attached hydrogens (tertiary/aromatic N) is 5. The highest BCUT2D eigenvalue weighted by atomic mass is 35.5. The maximum absolute atomic E-state index is 12.8. The van der Waals surface area contributed by atoms with E-state index in [1.807, 2.05) is 38.3 Å². The van der Waals surface area contributed by atoms with Crippen LogP contribution in [-0.2, 0) is 11.0 Å². The van der Waals surface area contributed by atoms with E-state index in [9.17, 15) is 4.21 Å². The number of pyridine rings is 1. The normalized spacial score (nSPS) is 20.9. The predicted octanol–water partition coefficient (Wildman–Crippen LogP) is 5.18. The smallest absolute Gasteiger partial charge is 0.211 e. The Morgan fingerprint density at radius 3 is 2.58 bits per heavy atom. The monoisotopic (exact) mass is 549 g/mol. The average Bonchev–Trinajstić information content (AvgIpc) is 3.46. The molecule has 1 spiro atoms. The molecule has 2 aliphatic rings. The van der Waals surface area contributed by atoms with E-state index in [1.54, 1.807) is 12.4 Å². The van der Waals surface area contributed by atoms with Crippen LogP contribution < -0.4 is 15.4 Å². The third-order valence-corrected chi connectivity index (χ3v) is 10.2. The van der Waals surface area contributed by atoms with Crippen molar-refractivity contribution in [1.82, 2.24) is 24.1 Å². The van der Waals surface area contributed by atoms with Gasteiger partial charge in [-0.2, -0.15) is 0 Å². The van der Waals surface area contributed by atoms with Crippen molar-refractivity contribution < 1.29 is 4.21 Å². The van der Waals surface area contributed by atoms with E-state index in [-0.39, 0.29) is 27.0 Å². The molecule has 5 rings (SSSR count). The lowest BCUT2D eigenvalue weighted by Crippen LogP contribution is -2.51. The Kier molecular flexibility index (Phi) is 6.72. The standard InChI is InChI=1S/C25H33Cl2N7OS/c1-15-18(16-14-30-21(28)20(27)19(16)26)22-29-10-13-34(22)23(31-15)33-11-8-25(9-12-33)7-5-6-17(25)32-36(35)24(2,3)4/h10,13-14,17,32H,5-9,11-12H2,1-4H3,(H2,28,30)/t17-,36-/m1/s1. The molecule has 3 aromatic rings. The first-order valence-corrected chi connectivity index (χ1v) is 14.3. The summed E-state index contributed by atoms with van der Waals surface area (Å²) in [5.74, 6) is 1.06. The lowest BCUT2D eigenvalue weighted by molar-refractivity contribution is 0.187. The number of hydrogen-bond donors (Lipinski definition) is 2. The molecule has 1 aliphatic heterocycles. The number of nitrogens with two attached hydrogens (primary N) is 1. The molecule has 0 aromatic carbocycles. The largest absolute Gasteiger partial charge is 0.382 e. The zero-order valence-electron chi connectivity index (χ0n) is 21.1. The molecule has 36 heavy (non-hydrogen) atoms. The Hall–Kier alpha value is -1.94. The number of nitrogen functional groups attached to an aromatic ring is 1. The van der Waals surface area contributed by atoms with E-state index in [2.05, 4.69) is 19.6 Å². The fraction of sp³-hybridized carbons (Fsp3) is 0.560. The van der Waals surface area contributed by atoms with Crippen LogP contribution in [0.15, 0.2) is 18.6 Å². The van der Waals surface area contributed by atoms with Crippen LogP contribution in [0.3, 0.4) is 0 Å². The van der Waals surface area contributed by atoms with Gasteiger partial charge in [0.2, 0.25) is 5.95 Å². The maximum atomic E-state index is 12.8. The van der Waals surface area contributed by atoms with Gasteiger partial charge in [-0.25, -0.2) is 23.9 Å². The number of hydrogen-bond acceptors (Lipinski definition) is 6. The Bertz CT molecular complexity index is 1330. The maximum Gasteiger partial charge on any atom is 0.211 e. The molecule has 1 saturated carbocycles. The summed E-state index contributed by atoms with van der Waals surface area (Å²) in [5.41, 5.74) is 9.02. The first-order valence-electron chi connectivity index (χ1n) is 12.4. The molecule has 4 heterocycles. The fourth-order valence-electron chi connectivity index (χ4n) is 5.64. The molecule has 0 radical (unpaired) electrons. The molecule has 3 aromatic heterocycles. The number of rotatable bonds is 4. The highest BCUT2D eigenvalue weighted by molar-refractivity contribution is 7.84. The Morgan fingerprint density at radius 2 is 1.89 bits per heavy atom. The van der Waals surface area contributed by atoms with Gasteiger partial charge in [0.15, 0.2) is 0 Å². The van der Waals surface area contributed by atoms with Gasteiger partial charge in [-0.3, -0.25) is 4.40 Å². The van der Waals surface area contributed by atoms with Gasteiger partial charge in [-0.05, 0) is 58.8 Å². The van der Waals surface area contributed by atoms with Gasteiger partial charge in [-0.15, -0.1) is 0 Å². The van der Waals surface area contributed by atoms with E-state index in [0.717, 1.165) is 55.2 Å². The molecule has 8 nitrogen and oxygen atoms in total. The first kappa shape index (κ1) is 25.7. The first-order chi connectivity index (χ1) is 17.0. The molecular weight excluding hydrogens is 517 g/mol. The van der Waals surface area contributed by atoms with Gasteiger partial charge in [-0.1, -0.05) is 29.6 Å². The summed E-state index contributed by atoms with van der Waals surface area (Å²) in [6.07, 6.45) is 10.8. The number of aromatic nitrogens is 4. The summed E-state index contributed by atoms with van der Waals surface area (Å²) >= 11 is 12.8. The quantitative estimate of drug-likeness (QED) is 0.464. The van der Waals surface area contributed by atoms with Crippen molar-refractivity contribution in [2.24, 2.45) is 5.41 Å². The molecule has 1 saturated heterocycles. The molecule has 1 aliphatic carbocycles. The fourth-order valence-corrected chi connectivity index (χ4v) is 7.01. The third-order valence-electron chi connectivity index (χ3n) is 7.72. The van der Waals surface area contributed by atoms with E-state index in [1.165, 1.54) is 12.8 Å². The van der Waals surface area contributed by atoms with Crippen molar-refractivity contribution in [3.05, 3.63) is 34.3 Å². The van der Waals surface area contributed by atoms with Crippen molar-refractivity contribution in [3.63, 3.8) is 0 Å². The molecule has 0 bridgehead atoms. The van der Waals surface area contributed by atoms with Crippen LogP contribution in [0.25, 0.3) is 16.8 Å². The minimum atomic E-state index is -1.06. The zero-order chi connectivity index (χ0) is 25.8. The molecule has 11 heteroatoms. The summed E-state index contributed by atoms with van der Waals surface area (Å²) in [6, 6.07) is 0.287. The molecule has 194 valence electrons. The van der Waals surface area contributed by atoms with Crippen molar-refractivity contribution in [2.45, 2.75) is 70.6 Å². The second-order valence-electron chi connectivity index (χ2n) is 11.0. The number of fused-ring (bicyclic) bond motifs is 1. The number of imidazole rings is 1. The van der Waals surface area contributed by atoms with E-state index >= 15 is 0 Å². The molecular formula is C25H33Cl2N7OS. The molecule has 3 N–H and O–H groups in total. The van der Waals surface area contributed by atoms with E-state index in [0.29, 0.717) is 10.6 Å². The molecule has 2 fully saturated rings. The number of aryl methyl sites for hydroxylation is 1. The highest BCUT2D eigenvalue weighted by Crippen LogP contribution is 2.47. The van der Waals surface area contributed by atoms with Crippen LogP contribution in [-0.4, -0.2) is 47.4 Å². The second kappa shape index (κ2) is 9.42. The van der Waals surface area contributed by atoms with Crippen LogP contribution in [0.4, 0.5) is 11.8 Å². The molecule has 0 unspecified atom stereocenters. The summed E-state index contributed by atoms with van der Waals surface area (Å²) in [6.45, 7) is 9.80. The third kappa shape index (κ3) is 4.38. The summed E-state index contributed by atoms with van der Waals surface area (Å²) in [5, 5.41) is 0.579. The number of halogens is 2. The van der Waals surface area contributed by atoms with Crippen LogP contribution >= 0.6 is 23.2 Å². The molecule has 2 atom stereocenters. The average molecular weight is 551 g/mol. The van der Waals surface area contributed by atoms with E-state index < -0.39 is 11.0 Å². The minimum Gasteiger partial charge on any atom is -0.382 e. The number of anilines is 2. The minimum absolute atomic E-state index is 0.181. The lowest BCUT2D eigenvalue weighted by atomic mass is 9.74. The number of piperidine rings is 1. The van der Waals surface area contributed by atoms with Crippen LogP contribution in [0.5, 0.6) is 0 Å². The zero-order valence-corrected chi connectivity index (χ0v) is 23.5. The van der Waals surface area contributed by atoms with E-state index in [4.69, 9.17) is 33.9 Å². The molecule has 0 amide bonds. The van der Waals surface area contributed by atoms with Crippen molar-refractivity contribution in [1.29, 1.82) is 0 Å². The Balaban J connectivity index is 1.43. The topological polar surface area (TPSA) is 101 Å². The number of nitrogens with one attached hydrogen (secondary N) is 1. The highest BCUT2D eigenvalue weighted by Gasteiger charge is 2.46. The van der Waals surface area contributed by atoms with Crippen molar-refractivity contribution in [2.75, 3.05) is 23.7 Å². The second-order valence-corrected chi connectivity index (χ2v) is 13.7. The van der Waals surface area contributed by atoms with Gasteiger partial charge in [0, 0.05) is 48.8 Å². The lowest BCUT2D eigenvalue weighted by Gasteiger charge is -2.44. The SMILES string of the molecule is Cc1nc(N2CCC3(CCC[C@H]3N[S@](=O)C(C)(C)C)CC2)n2ccnc2c1-c1cnc(N)c(Cl)c1Cl.